The molecular weight excluding hydrogens is 768 g/mol. The lowest BCUT2D eigenvalue weighted by atomic mass is 9.79. The van der Waals surface area contributed by atoms with Gasteiger partial charge in [-0.15, -0.1) is 0 Å². The number of carbonyl (C=O) groups is 3. The molecule has 2 saturated carbocycles. The summed E-state index contributed by atoms with van der Waals surface area (Å²) in [7, 11) is -9.06. The second kappa shape index (κ2) is 28.9. The van der Waals surface area contributed by atoms with Gasteiger partial charge in [0.25, 0.3) is 0 Å². The summed E-state index contributed by atoms with van der Waals surface area (Å²) in [5.41, 5.74) is 0. The highest BCUT2D eigenvalue weighted by molar-refractivity contribution is 7.47. The van der Waals surface area contributed by atoms with Gasteiger partial charge < -0.3 is 34.3 Å². The van der Waals surface area contributed by atoms with E-state index in [2.05, 4.69) is 0 Å². The van der Waals surface area contributed by atoms with Crippen LogP contribution in [0.2, 0.25) is 0 Å². The Kier molecular flexibility index (Phi) is 26.1. The second-order valence-corrected chi connectivity index (χ2v) is 17.7. The molecule has 0 aromatic rings. The quantitative estimate of drug-likeness (QED) is 0.0670. The fourth-order valence-electron chi connectivity index (χ4n) is 7.61. The maximum absolute atomic E-state index is 12.7. The fourth-order valence-corrected chi connectivity index (χ4v) is 9.01. The normalized spacial score (nSPS) is 21.0. The van der Waals surface area contributed by atoms with Crippen molar-refractivity contribution >= 4 is 33.4 Å². The van der Waals surface area contributed by atoms with Gasteiger partial charge >= 0.3 is 15.6 Å². The first-order valence-electron chi connectivity index (χ1n) is 21.1. The van der Waals surface area contributed by atoms with Crippen LogP contribution in [0.1, 0.15) is 130 Å². The first kappa shape index (κ1) is 50.7. The van der Waals surface area contributed by atoms with Crippen molar-refractivity contribution in [3.63, 3.8) is 0 Å². The van der Waals surface area contributed by atoms with Gasteiger partial charge in [0.2, 0.25) is 17.7 Å². The molecule has 2 atom stereocenters. The summed E-state index contributed by atoms with van der Waals surface area (Å²) in [4.78, 5) is 61.5. The largest absolute Gasteiger partial charge is 0.472 e. The van der Waals surface area contributed by atoms with Crippen LogP contribution in [-0.2, 0) is 46.3 Å². The number of carbonyl (C=O) groups excluding carboxylic acids is 3. The van der Waals surface area contributed by atoms with E-state index in [1.807, 2.05) is 0 Å². The highest BCUT2D eigenvalue weighted by atomic mass is 31.2. The molecular formula is C38H73N3O13P2. The van der Waals surface area contributed by atoms with Gasteiger partial charge in [0.1, 0.15) is 0 Å². The molecule has 0 aromatic carbocycles. The molecule has 18 heteroatoms. The number of nitrogens with zero attached hydrogens (tertiary/aromatic N) is 3. The van der Waals surface area contributed by atoms with Crippen LogP contribution in [-0.4, -0.2) is 132 Å². The van der Waals surface area contributed by atoms with Crippen molar-refractivity contribution < 1.29 is 61.2 Å². The Morgan fingerprint density at radius 3 is 1.14 bits per heavy atom. The van der Waals surface area contributed by atoms with Gasteiger partial charge in [0.15, 0.2) is 0 Å². The number of phosphoric acid groups is 2. The summed E-state index contributed by atoms with van der Waals surface area (Å²) >= 11 is 0. The average Bonchev–Trinajstić information content (AvgIpc) is 3.47. The van der Waals surface area contributed by atoms with E-state index in [0.29, 0.717) is 13.2 Å². The van der Waals surface area contributed by atoms with E-state index in [4.69, 9.17) is 27.9 Å². The molecule has 16 nitrogen and oxygen atoms in total. The third-order valence-electron chi connectivity index (χ3n) is 10.8. The monoisotopic (exact) mass is 841 g/mol. The first-order chi connectivity index (χ1) is 26.8. The maximum atomic E-state index is 12.7. The van der Waals surface area contributed by atoms with Crippen LogP contribution in [0.4, 0.5) is 0 Å². The number of rotatable bonds is 26. The number of hydrogen-bond donors (Lipinski definition) is 3. The topological polar surface area (TPSA) is 202 Å². The molecule has 0 saturated heterocycles. The Balaban J connectivity index is 1.73. The maximum Gasteiger partial charge on any atom is 0.472 e. The van der Waals surface area contributed by atoms with Gasteiger partial charge in [-0.3, -0.25) is 32.5 Å². The average molecular weight is 842 g/mol. The SMILES string of the molecule is CCC(=O)N(CCO)CCOP(=O)(O)OCCN(CCOP(=O)(O)OCCN(CCOC1CCCCC(C2CCCCCC2)CCCC1)C(=O)CC)C(=O)CC. The summed E-state index contributed by atoms with van der Waals surface area (Å²) in [6.07, 6.45) is 18.6. The summed E-state index contributed by atoms with van der Waals surface area (Å²) in [6, 6.07) is 0. The van der Waals surface area contributed by atoms with E-state index >= 15 is 0 Å². The molecule has 2 rings (SSSR count). The summed E-state index contributed by atoms with van der Waals surface area (Å²) in [5, 5.41) is 9.12. The van der Waals surface area contributed by atoms with E-state index in [1.165, 1.54) is 74.0 Å². The van der Waals surface area contributed by atoms with Gasteiger partial charge in [0.05, 0.1) is 45.7 Å². The second-order valence-electron chi connectivity index (χ2n) is 14.8. The minimum atomic E-state index is -4.54. The molecule has 0 heterocycles. The van der Waals surface area contributed by atoms with Crippen LogP contribution in [0.5, 0.6) is 0 Å². The molecule has 56 heavy (non-hydrogen) atoms. The lowest BCUT2D eigenvalue weighted by Gasteiger charge is -2.29. The van der Waals surface area contributed by atoms with Crippen LogP contribution >= 0.6 is 15.6 Å². The van der Waals surface area contributed by atoms with Gasteiger partial charge in [0, 0.05) is 58.5 Å². The van der Waals surface area contributed by atoms with Crippen molar-refractivity contribution in [1.82, 2.24) is 14.7 Å². The van der Waals surface area contributed by atoms with Crippen molar-refractivity contribution in [2.75, 3.05) is 78.9 Å². The van der Waals surface area contributed by atoms with Crippen molar-refractivity contribution in [3.8, 4) is 0 Å². The molecule has 0 spiro atoms. The van der Waals surface area contributed by atoms with Crippen LogP contribution in [0.15, 0.2) is 0 Å². The van der Waals surface area contributed by atoms with Gasteiger partial charge in [-0.2, -0.15) is 0 Å². The molecule has 328 valence electrons. The van der Waals surface area contributed by atoms with E-state index < -0.39 is 15.6 Å². The number of ether oxygens (including phenoxy) is 1. The molecule has 2 aliphatic carbocycles. The predicted molar refractivity (Wildman–Crippen MR) is 213 cm³/mol. The van der Waals surface area contributed by atoms with Crippen molar-refractivity contribution in [2.45, 2.75) is 136 Å². The van der Waals surface area contributed by atoms with Crippen LogP contribution < -0.4 is 0 Å². The molecule has 2 aliphatic rings. The lowest BCUT2D eigenvalue weighted by Crippen LogP contribution is -2.37. The Morgan fingerprint density at radius 2 is 0.804 bits per heavy atom. The van der Waals surface area contributed by atoms with E-state index in [-0.39, 0.29) is 109 Å². The zero-order chi connectivity index (χ0) is 41.2. The highest BCUT2D eigenvalue weighted by Gasteiger charge is 2.27. The van der Waals surface area contributed by atoms with Crippen molar-refractivity contribution in [1.29, 1.82) is 0 Å². The number of aliphatic hydroxyl groups excluding tert-OH is 1. The predicted octanol–water partition coefficient (Wildman–Crippen LogP) is 6.07. The molecule has 0 bridgehead atoms. The zero-order valence-electron chi connectivity index (χ0n) is 34.4. The fraction of sp³-hybridized carbons (Fsp3) is 0.921. The number of phosphoric ester groups is 2. The number of aliphatic hydroxyl groups is 1. The van der Waals surface area contributed by atoms with Crippen molar-refractivity contribution in [3.05, 3.63) is 0 Å². The first-order valence-corrected chi connectivity index (χ1v) is 24.1. The number of amides is 3. The number of hydrogen-bond acceptors (Lipinski definition) is 11. The zero-order valence-corrected chi connectivity index (χ0v) is 36.2. The molecule has 0 aromatic heterocycles. The minimum Gasteiger partial charge on any atom is -0.395 e. The molecule has 0 aliphatic heterocycles. The molecule has 2 fully saturated rings. The molecule has 2 unspecified atom stereocenters. The lowest BCUT2D eigenvalue weighted by molar-refractivity contribution is -0.133. The molecule has 3 amide bonds. The standard InChI is InChI=1S/C38H73N3O13P2/c1-4-36(43)39(21-27-42)23-29-51-55(46,47)53-31-25-41(38(45)6-3)26-32-54-56(48,49)52-30-24-40(37(44)5-2)22-28-50-35-19-13-11-17-34(18-12-14-20-35)33-15-9-7-8-10-16-33/h33-35,42H,4-32H2,1-3H3,(H,46,47)(H,48,49). The summed E-state index contributed by atoms with van der Waals surface area (Å²) in [5.74, 6) is 1.06. The third-order valence-corrected chi connectivity index (χ3v) is 12.8. The Morgan fingerprint density at radius 1 is 0.500 bits per heavy atom. The summed E-state index contributed by atoms with van der Waals surface area (Å²) < 4.78 is 51.4. The Labute approximate surface area is 335 Å². The Bertz CT molecular complexity index is 1200. The smallest absolute Gasteiger partial charge is 0.395 e. The van der Waals surface area contributed by atoms with Gasteiger partial charge in [-0.25, -0.2) is 9.13 Å². The van der Waals surface area contributed by atoms with E-state index in [1.54, 1.807) is 25.7 Å². The van der Waals surface area contributed by atoms with Gasteiger partial charge in [-0.05, 0) is 24.7 Å². The third kappa shape index (κ3) is 21.5. The minimum absolute atomic E-state index is 0.0233. The van der Waals surface area contributed by atoms with Crippen molar-refractivity contribution in [2.24, 2.45) is 11.8 Å². The highest BCUT2D eigenvalue weighted by Crippen LogP contribution is 2.44. The Hall–Kier alpha value is -1.45. The molecule has 0 radical (unpaired) electrons. The summed E-state index contributed by atoms with van der Waals surface area (Å²) in [6.45, 7) is 4.03. The van der Waals surface area contributed by atoms with E-state index in [0.717, 1.165) is 37.5 Å². The van der Waals surface area contributed by atoms with Gasteiger partial charge in [-0.1, -0.05) is 97.8 Å². The van der Waals surface area contributed by atoms with Crippen LogP contribution in [0.25, 0.3) is 0 Å². The van der Waals surface area contributed by atoms with Crippen LogP contribution in [0.3, 0.4) is 0 Å². The van der Waals surface area contributed by atoms with Crippen LogP contribution in [0, 0.1) is 11.8 Å². The molecule has 3 N–H and O–H groups in total. The van der Waals surface area contributed by atoms with E-state index in [9.17, 15) is 33.3 Å².